The average Bonchev–Trinajstić information content (AvgIpc) is 2.73. The summed E-state index contributed by atoms with van der Waals surface area (Å²) in [6, 6.07) is 5.69. The van der Waals surface area contributed by atoms with Crippen molar-refractivity contribution in [3.63, 3.8) is 0 Å². The molecule has 0 bridgehead atoms. The van der Waals surface area contributed by atoms with Crippen LogP contribution in [0.15, 0.2) is 24.5 Å². The van der Waals surface area contributed by atoms with E-state index in [4.69, 9.17) is 5.73 Å². The van der Waals surface area contributed by atoms with Gasteiger partial charge in [0.05, 0.1) is 6.10 Å². The van der Waals surface area contributed by atoms with Gasteiger partial charge in [0.15, 0.2) is 5.82 Å². The van der Waals surface area contributed by atoms with Crippen molar-refractivity contribution in [1.82, 2.24) is 19.7 Å². The third-order valence-corrected chi connectivity index (χ3v) is 3.05. The Labute approximate surface area is 98.1 Å². The largest absolute Gasteiger partial charge is 0.393 e. The fraction of sp³-hybridized carbons (Fsp3) is 0.364. The number of hydrogen-bond donors (Lipinski definition) is 2. The maximum absolute atomic E-state index is 9.33. The number of aliphatic hydroxyl groups is 1. The summed E-state index contributed by atoms with van der Waals surface area (Å²) in [6.45, 7) is 0. The molecule has 1 aliphatic carbocycles. The molecule has 3 N–H and O–H groups in total. The van der Waals surface area contributed by atoms with Crippen molar-refractivity contribution >= 4 is 5.82 Å². The number of nitrogens with two attached hydrogens (primary N) is 1. The van der Waals surface area contributed by atoms with Crippen LogP contribution < -0.4 is 5.73 Å². The van der Waals surface area contributed by atoms with Crippen molar-refractivity contribution in [3.8, 4) is 11.5 Å². The van der Waals surface area contributed by atoms with E-state index in [0.29, 0.717) is 17.3 Å². The standard InChI is InChI=1S/C11H13N5O/c12-10-3-1-2-9(14-10)11-15-13-6-16(11)7-4-8(17)5-7/h1-3,6-8,17H,4-5H2,(H2,12,14). The van der Waals surface area contributed by atoms with Crippen molar-refractivity contribution in [1.29, 1.82) is 0 Å². The normalized spacial score (nSPS) is 23.4. The van der Waals surface area contributed by atoms with Crippen LogP contribution in [0.5, 0.6) is 0 Å². The zero-order valence-electron chi connectivity index (χ0n) is 9.19. The van der Waals surface area contributed by atoms with Crippen molar-refractivity contribution < 1.29 is 5.11 Å². The molecule has 2 aromatic heterocycles. The minimum Gasteiger partial charge on any atom is -0.393 e. The zero-order chi connectivity index (χ0) is 11.8. The van der Waals surface area contributed by atoms with Crippen molar-refractivity contribution in [2.24, 2.45) is 0 Å². The van der Waals surface area contributed by atoms with Gasteiger partial charge in [-0.1, -0.05) is 6.07 Å². The second-order valence-corrected chi connectivity index (χ2v) is 4.29. The second-order valence-electron chi connectivity index (χ2n) is 4.29. The Morgan fingerprint density at radius 3 is 2.88 bits per heavy atom. The minimum absolute atomic E-state index is 0.205. The highest BCUT2D eigenvalue weighted by Crippen LogP contribution is 2.34. The Balaban J connectivity index is 1.96. The maximum Gasteiger partial charge on any atom is 0.182 e. The van der Waals surface area contributed by atoms with Crippen LogP contribution in [0.4, 0.5) is 5.82 Å². The molecular weight excluding hydrogens is 218 g/mol. The van der Waals surface area contributed by atoms with Gasteiger partial charge in [-0.3, -0.25) is 0 Å². The lowest BCUT2D eigenvalue weighted by molar-refractivity contribution is 0.0490. The first-order chi connectivity index (χ1) is 8.24. The molecule has 0 atom stereocenters. The van der Waals surface area contributed by atoms with Gasteiger partial charge in [-0.2, -0.15) is 0 Å². The molecule has 0 unspecified atom stereocenters. The van der Waals surface area contributed by atoms with Gasteiger partial charge >= 0.3 is 0 Å². The highest BCUT2D eigenvalue weighted by Gasteiger charge is 2.30. The van der Waals surface area contributed by atoms with Crippen LogP contribution in [-0.2, 0) is 0 Å². The molecule has 1 aliphatic rings. The van der Waals surface area contributed by atoms with Gasteiger partial charge in [0.2, 0.25) is 0 Å². The Kier molecular flexibility index (Phi) is 2.29. The summed E-state index contributed by atoms with van der Waals surface area (Å²) in [5.41, 5.74) is 6.36. The third kappa shape index (κ3) is 1.76. The monoisotopic (exact) mass is 231 g/mol. The third-order valence-electron chi connectivity index (χ3n) is 3.05. The first kappa shape index (κ1) is 10.2. The lowest BCUT2D eigenvalue weighted by Crippen LogP contribution is -2.30. The predicted molar refractivity (Wildman–Crippen MR) is 61.9 cm³/mol. The SMILES string of the molecule is Nc1cccc(-c2nncn2C2CC(O)C2)n1. The summed E-state index contributed by atoms with van der Waals surface area (Å²) in [4.78, 5) is 4.23. The minimum atomic E-state index is -0.205. The van der Waals surface area contributed by atoms with Gasteiger partial charge in [0, 0.05) is 6.04 Å². The average molecular weight is 231 g/mol. The molecule has 1 saturated carbocycles. The van der Waals surface area contributed by atoms with Crippen LogP contribution in [0.3, 0.4) is 0 Å². The molecule has 0 aromatic carbocycles. The summed E-state index contributed by atoms with van der Waals surface area (Å²) < 4.78 is 1.95. The van der Waals surface area contributed by atoms with E-state index in [1.807, 2.05) is 16.7 Å². The molecule has 0 saturated heterocycles. The molecule has 0 amide bonds. The number of anilines is 1. The van der Waals surface area contributed by atoms with E-state index in [1.54, 1.807) is 12.4 Å². The summed E-state index contributed by atoms with van der Waals surface area (Å²) in [5.74, 6) is 1.17. The van der Waals surface area contributed by atoms with Crippen molar-refractivity contribution in [2.75, 3.05) is 5.73 Å². The highest BCUT2D eigenvalue weighted by atomic mass is 16.3. The van der Waals surface area contributed by atoms with E-state index >= 15 is 0 Å². The van der Waals surface area contributed by atoms with E-state index in [-0.39, 0.29) is 12.1 Å². The quantitative estimate of drug-likeness (QED) is 0.790. The smallest absolute Gasteiger partial charge is 0.182 e. The number of aromatic nitrogens is 4. The first-order valence-electron chi connectivity index (χ1n) is 5.54. The fourth-order valence-electron chi connectivity index (χ4n) is 2.06. The van der Waals surface area contributed by atoms with Crippen molar-refractivity contribution in [2.45, 2.75) is 25.0 Å². The number of nitrogen functional groups attached to an aromatic ring is 1. The van der Waals surface area contributed by atoms with Gasteiger partial charge in [0.25, 0.3) is 0 Å². The molecule has 0 radical (unpaired) electrons. The highest BCUT2D eigenvalue weighted by molar-refractivity contribution is 5.52. The van der Waals surface area contributed by atoms with Crippen LogP contribution >= 0.6 is 0 Å². The Bertz CT molecular complexity index is 532. The van der Waals surface area contributed by atoms with Gasteiger partial charge in [-0.25, -0.2) is 4.98 Å². The van der Waals surface area contributed by atoms with Gasteiger partial charge < -0.3 is 15.4 Å². The molecular formula is C11H13N5O. The number of rotatable bonds is 2. The summed E-state index contributed by atoms with van der Waals surface area (Å²) >= 11 is 0. The molecule has 6 heteroatoms. The number of aliphatic hydroxyl groups excluding tert-OH is 1. The molecule has 0 aliphatic heterocycles. The van der Waals surface area contributed by atoms with E-state index in [2.05, 4.69) is 15.2 Å². The molecule has 2 heterocycles. The zero-order valence-corrected chi connectivity index (χ0v) is 9.19. The predicted octanol–water partition coefficient (Wildman–Crippen LogP) is 0.618. The lowest BCUT2D eigenvalue weighted by Gasteiger charge is -2.32. The Morgan fingerprint density at radius 2 is 2.18 bits per heavy atom. The Hall–Kier alpha value is -1.95. The van der Waals surface area contributed by atoms with E-state index in [0.717, 1.165) is 12.8 Å². The summed E-state index contributed by atoms with van der Waals surface area (Å²) in [6.07, 6.45) is 2.96. The van der Waals surface area contributed by atoms with E-state index in [1.165, 1.54) is 0 Å². The summed E-state index contributed by atoms with van der Waals surface area (Å²) in [7, 11) is 0. The number of hydrogen-bond acceptors (Lipinski definition) is 5. The molecule has 88 valence electrons. The van der Waals surface area contributed by atoms with E-state index in [9.17, 15) is 5.11 Å². The second kappa shape index (κ2) is 3.81. The Morgan fingerprint density at radius 1 is 1.35 bits per heavy atom. The fourth-order valence-corrected chi connectivity index (χ4v) is 2.06. The van der Waals surface area contributed by atoms with E-state index < -0.39 is 0 Å². The van der Waals surface area contributed by atoms with Crippen LogP contribution in [0.2, 0.25) is 0 Å². The summed E-state index contributed by atoms with van der Waals surface area (Å²) in [5, 5.41) is 17.3. The van der Waals surface area contributed by atoms with Gasteiger partial charge in [-0.05, 0) is 25.0 Å². The van der Waals surface area contributed by atoms with Crippen LogP contribution in [-0.4, -0.2) is 31.0 Å². The van der Waals surface area contributed by atoms with Crippen LogP contribution in [0, 0.1) is 0 Å². The lowest BCUT2D eigenvalue weighted by atomic mass is 9.89. The van der Waals surface area contributed by atoms with Gasteiger partial charge in [-0.15, -0.1) is 10.2 Å². The van der Waals surface area contributed by atoms with Crippen LogP contribution in [0.1, 0.15) is 18.9 Å². The van der Waals surface area contributed by atoms with Crippen molar-refractivity contribution in [3.05, 3.63) is 24.5 Å². The number of pyridine rings is 1. The van der Waals surface area contributed by atoms with Gasteiger partial charge in [0.1, 0.15) is 17.8 Å². The first-order valence-corrected chi connectivity index (χ1v) is 5.54. The van der Waals surface area contributed by atoms with Crippen LogP contribution in [0.25, 0.3) is 11.5 Å². The molecule has 6 nitrogen and oxygen atoms in total. The maximum atomic E-state index is 9.33. The topological polar surface area (TPSA) is 89.8 Å². The molecule has 0 spiro atoms. The molecule has 17 heavy (non-hydrogen) atoms. The molecule has 3 rings (SSSR count). The molecule has 1 fully saturated rings. The number of nitrogens with zero attached hydrogens (tertiary/aromatic N) is 4. The molecule has 2 aromatic rings.